The molecule has 1 fully saturated rings. The lowest BCUT2D eigenvalue weighted by molar-refractivity contribution is -0.113. The number of carbonyl (C=O) groups excluding carboxylic acids is 1. The number of rotatable bonds is 4. The summed E-state index contributed by atoms with van der Waals surface area (Å²) in [5.41, 5.74) is 1.39. The van der Waals surface area contributed by atoms with Crippen LogP contribution >= 0.6 is 69.8 Å². The summed E-state index contributed by atoms with van der Waals surface area (Å²) in [6, 6.07) is 8.69. The third kappa shape index (κ3) is 4.22. The number of hydrogen-bond donors (Lipinski definition) is 0. The Morgan fingerprint density at radius 1 is 1.15 bits per heavy atom. The highest BCUT2D eigenvalue weighted by molar-refractivity contribution is 14.1. The van der Waals surface area contributed by atoms with E-state index in [0.29, 0.717) is 36.5 Å². The monoisotopic (exact) mass is 551 g/mol. The van der Waals surface area contributed by atoms with Crippen molar-refractivity contribution in [2.75, 3.05) is 19.1 Å². The van der Waals surface area contributed by atoms with Crippen LogP contribution in [-0.2, 0) is 4.79 Å². The molecule has 27 heavy (non-hydrogen) atoms. The Kier molecular flexibility index (Phi) is 6.58. The number of benzene rings is 2. The number of nitrogens with zero attached hydrogens (tertiary/aromatic N) is 1. The summed E-state index contributed by atoms with van der Waals surface area (Å²) >= 11 is 20.8. The minimum Gasteiger partial charge on any atom is -0.493 e. The molecule has 0 spiro atoms. The van der Waals surface area contributed by atoms with Gasteiger partial charge in [-0.3, -0.25) is 9.69 Å². The summed E-state index contributed by atoms with van der Waals surface area (Å²) in [4.78, 5) is 14.8. The van der Waals surface area contributed by atoms with Crippen LogP contribution in [-0.4, -0.2) is 24.4 Å². The molecule has 3 rings (SSSR count). The molecule has 2 aromatic rings. The van der Waals surface area contributed by atoms with Crippen LogP contribution in [0, 0.1) is 3.57 Å². The highest BCUT2D eigenvalue weighted by Gasteiger charge is 2.33. The van der Waals surface area contributed by atoms with Crippen LogP contribution < -0.4 is 14.4 Å². The maximum Gasteiger partial charge on any atom is 0.270 e. The molecule has 9 heteroatoms. The topological polar surface area (TPSA) is 38.8 Å². The van der Waals surface area contributed by atoms with E-state index in [0.717, 1.165) is 9.13 Å². The first kappa shape index (κ1) is 20.7. The van der Waals surface area contributed by atoms with Crippen LogP contribution in [0.5, 0.6) is 11.5 Å². The van der Waals surface area contributed by atoms with Crippen molar-refractivity contribution < 1.29 is 14.3 Å². The number of ether oxygens (including phenoxy) is 2. The first-order valence-electron chi connectivity index (χ1n) is 7.50. The van der Waals surface area contributed by atoms with Gasteiger partial charge in [0.25, 0.3) is 5.91 Å². The van der Waals surface area contributed by atoms with Crippen molar-refractivity contribution in [3.05, 3.63) is 54.4 Å². The van der Waals surface area contributed by atoms with Crippen LogP contribution in [0.3, 0.4) is 0 Å². The number of methoxy groups -OCH3 is 2. The van der Waals surface area contributed by atoms with Gasteiger partial charge in [-0.05, 0) is 64.6 Å². The minimum atomic E-state index is -0.215. The first-order chi connectivity index (χ1) is 12.8. The molecule has 1 aliphatic heterocycles. The highest BCUT2D eigenvalue weighted by atomic mass is 127. The summed E-state index contributed by atoms with van der Waals surface area (Å²) in [5, 5.41) is 0.781. The molecule has 1 heterocycles. The largest absolute Gasteiger partial charge is 0.493 e. The van der Waals surface area contributed by atoms with Crippen molar-refractivity contribution >= 4 is 91.8 Å². The average molecular weight is 552 g/mol. The molecule has 4 nitrogen and oxygen atoms in total. The van der Waals surface area contributed by atoms with Gasteiger partial charge in [0, 0.05) is 0 Å². The average Bonchev–Trinajstić information content (AvgIpc) is 2.90. The summed E-state index contributed by atoms with van der Waals surface area (Å²) in [6.45, 7) is 0. The van der Waals surface area contributed by atoms with Gasteiger partial charge < -0.3 is 9.47 Å². The lowest BCUT2D eigenvalue weighted by atomic mass is 10.2. The van der Waals surface area contributed by atoms with E-state index in [9.17, 15) is 4.79 Å². The maximum absolute atomic E-state index is 12.9. The second-order valence-corrected chi connectivity index (χ2v) is 9.01. The molecule has 140 valence electrons. The van der Waals surface area contributed by atoms with Crippen molar-refractivity contribution in [1.82, 2.24) is 0 Å². The molecule has 1 saturated heterocycles. The number of hydrogen-bond acceptors (Lipinski definition) is 5. The zero-order valence-electron chi connectivity index (χ0n) is 14.1. The third-order valence-electron chi connectivity index (χ3n) is 3.71. The summed E-state index contributed by atoms with van der Waals surface area (Å²) in [5.74, 6) is 1.03. The van der Waals surface area contributed by atoms with Crippen LogP contribution in [0.15, 0.2) is 35.2 Å². The normalized spacial score (nSPS) is 15.6. The Hall–Kier alpha value is -1.00. The molecule has 0 bridgehead atoms. The Morgan fingerprint density at radius 2 is 1.89 bits per heavy atom. The predicted octanol–water partition coefficient (Wildman–Crippen LogP) is 6.02. The fourth-order valence-corrected chi connectivity index (χ4v) is 4.92. The predicted molar refractivity (Wildman–Crippen MR) is 124 cm³/mol. The van der Waals surface area contributed by atoms with E-state index in [4.69, 9.17) is 44.9 Å². The fourth-order valence-electron chi connectivity index (χ4n) is 2.49. The number of thioether (sulfide) groups is 1. The number of halogens is 3. The number of thiocarbonyl (C=S) groups is 1. The van der Waals surface area contributed by atoms with Crippen molar-refractivity contribution in [2.24, 2.45) is 0 Å². The zero-order valence-corrected chi connectivity index (χ0v) is 19.4. The van der Waals surface area contributed by atoms with Gasteiger partial charge in [-0.2, -0.15) is 0 Å². The van der Waals surface area contributed by atoms with Gasteiger partial charge >= 0.3 is 0 Å². The second-order valence-electron chi connectivity index (χ2n) is 5.35. The molecular formula is C18H12Cl2INO3S2. The summed E-state index contributed by atoms with van der Waals surface area (Å²) < 4.78 is 12.0. The van der Waals surface area contributed by atoms with Crippen LogP contribution in [0.2, 0.25) is 10.0 Å². The van der Waals surface area contributed by atoms with Gasteiger partial charge in [0.15, 0.2) is 15.8 Å². The Labute approximate surface area is 189 Å². The van der Waals surface area contributed by atoms with E-state index in [2.05, 4.69) is 22.6 Å². The molecule has 0 saturated carbocycles. The summed E-state index contributed by atoms with van der Waals surface area (Å²) in [6.07, 6.45) is 1.78. The van der Waals surface area contributed by atoms with Gasteiger partial charge in [0.2, 0.25) is 0 Å². The zero-order chi connectivity index (χ0) is 19.7. The van der Waals surface area contributed by atoms with Gasteiger partial charge in [0.05, 0.1) is 38.4 Å². The highest BCUT2D eigenvalue weighted by Crippen LogP contribution is 2.39. The van der Waals surface area contributed by atoms with E-state index in [-0.39, 0.29) is 5.91 Å². The molecule has 0 N–H and O–H groups in total. The molecule has 1 amide bonds. The molecule has 0 radical (unpaired) electrons. The van der Waals surface area contributed by atoms with Crippen LogP contribution in [0.1, 0.15) is 5.56 Å². The molecule has 0 unspecified atom stereocenters. The smallest absolute Gasteiger partial charge is 0.270 e. The van der Waals surface area contributed by atoms with E-state index in [1.807, 2.05) is 12.1 Å². The summed E-state index contributed by atoms with van der Waals surface area (Å²) in [7, 11) is 3.16. The second kappa shape index (κ2) is 8.57. The minimum absolute atomic E-state index is 0.215. The lowest BCUT2D eigenvalue weighted by Gasteiger charge is -2.15. The number of carbonyl (C=O) groups is 1. The Morgan fingerprint density at radius 3 is 2.52 bits per heavy atom. The molecular weight excluding hydrogens is 540 g/mol. The maximum atomic E-state index is 12.9. The van der Waals surface area contributed by atoms with E-state index in [1.54, 1.807) is 38.5 Å². The third-order valence-corrected chi connectivity index (χ3v) is 6.55. The van der Waals surface area contributed by atoms with Crippen molar-refractivity contribution in [3.8, 4) is 11.5 Å². The van der Waals surface area contributed by atoms with Crippen LogP contribution in [0.25, 0.3) is 6.08 Å². The Balaban J connectivity index is 1.97. The number of amides is 1. The van der Waals surface area contributed by atoms with E-state index < -0.39 is 0 Å². The van der Waals surface area contributed by atoms with Crippen molar-refractivity contribution in [2.45, 2.75) is 0 Å². The molecule has 0 aromatic heterocycles. The van der Waals surface area contributed by atoms with Gasteiger partial charge in [-0.25, -0.2) is 0 Å². The SMILES string of the molecule is COc1cc(/C=C2\SC(=S)N(c3ccc(Cl)c(Cl)c3)C2=O)cc(I)c1OC. The van der Waals surface area contributed by atoms with E-state index >= 15 is 0 Å². The molecule has 0 aliphatic carbocycles. The van der Waals surface area contributed by atoms with Gasteiger partial charge in [-0.15, -0.1) is 0 Å². The molecule has 0 atom stereocenters. The van der Waals surface area contributed by atoms with Crippen LogP contribution in [0.4, 0.5) is 5.69 Å². The Bertz CT molecular complexity index is 981. The standard InChI is InChI=1S/C18H12Cl2INO3S2/c1-24-14-6-9(5-13(21)16(14)25-2)7-15-17(23)22(18(26)27-15)10-3-4-11(19)12(20)8-10/h3-8H,1-2H3/b15-7-. The molecule has 2 aromatic carbocycles. The van der Waals surface area contributed by atoms with E-state index in [1.165, 1.54) is 16.7 Å². The van der Waals surface area contributed by atoms with Gasteiger partial charge in [0.1, 0.15) is 0 Å². The quantitative estimate of drug-likeness (QED) is 0.264. The lowest BCUT2D eigenvalue weighted by Crippen LogP contribution is -2.27. The van der Waals surface area contributed by atoms with Crippen molar-refractivity contribution in [3.63, 3.8) is 0 Å². The fraction of sp³-hybridized carbons (Fsp3) is 0.111. The van der Waals surface area contributed by atoms with Gasteiger partial charge in [-0.1, -0.05) is 47.2 Å². The number of anilines is 1. The first-order valence-corrected chi connectivity index (χ1v) is 10.6. The molecule has 1 aliphatic rings. The van der Waals surface area contributed by atoms with Crippen molar-refractivity contribution in [1.29, 1.82) is 0 Å².